The second kappa shape index (κ2) is 5.70. The van der Waals surface area contributed by atoms with E-state index in [-0.39, 0.29) is 16.6 Å². The van der Waals surface area contributed by atoms with E-state index < -0.39 is 0 Å². The Morgan fingerprint density at radius 1 is 1.36 bits per heavy atom. The molecule has 5 nitrogen and oxygen atoms in total. The van der Waals surface area contributed by atoms with E-state index >= 15 is 0 Å². The second-order valence-corrected chi connectivity index (χ2v) is 8.98. The fourth-order valence-corrected chi connectivity index (χ4v) is 4.67. The molecule has 1 unspecified atom stereocenters. The Kier molecular flexibility index (Phi) is 4.03. The Morgan fingerprint density at radius 2 is 2.14 bits per heavy atom. The van der Waals surface area contributed by atoms with E-state index in [1.54, 1.807) is 34.0 Å². The number of hydrogen-bond acceptors (Lipinski definition) is 5. The third kappa shape index (κ3) is 3.05. The molecule has 118 valence electrons. The summed E-state index contributed by atoms with van der Waals surface area (Å²) in [5.41, 5.74) is 0.989. The average Bonchev–Trinajstić information content (AvgIpc) is 3.12. The molecule has 0 saturated carbocycles. The first-order valence-corrected chi connectivity index (χ1v) is 8.97. The van der Waals surface area contributed by atoms with Crippen LogP contribution in [-0.4, -0.2) is 32.5 Å². The number of carbonyl (C=O) groups is 1. The SMILES string of the molecule is Cn1cc(N2CCC(Sc3ncc(C(C)(C)C)s3)C2=O)cn1. The van der Waals surface area contributed by atoms with Crippen LogP contribution in [-0.2, 0) is 17.3 Å². The summed E-state index contributed by atoms with van der Waals surface area (Å²) in [4.78, 5) is 20.1. The monoisotopic (exact) mass is 336 g/mol. The van der Waals surface area contributed by atoms with Gasteiger partial charge in [-0.05, 0) is 11.8 Å². The summed E-state index contributed by atoms with van der Waals surface area (Å²) in [6.07, 6.45) is 6.41. The van der Waals surface area contributed by atoms with Crippen molar-refractivity contribution in [3.8, 4) is 0 Å². The van der Waals surface area contributed by atoms with Crippen molar-refractivity contribution in [2.75, 3.05) is 11.4 Å². The van der Waals surface area contributed by atoms with Gasteiger partial charge < -0.3 is 4.90 Å². The highest BCUT2D eigenvalue weighted by Gasteiger charge is 2.34. The summed E-state index contributed by atoms with van der Waals surface area (Å²) in [7, 11) is 1.86. The molecule has 1 atom stereocenters. The van der Waals surface area contributed by atoms with Crippen LogP contribution in [0.4, 0.5) is 5.69 Å². The van der Waals surface area contributed by atoms with E-state index in [1.807, 2.05) is 24.3 Å². The molecule has 1 amide bonds. The van der Waals surface area contributed by atoms with Crippen molar-refractivity contribution in [1.29, 1.82) is 0 Å². The van der Waals surface area contributed by atoms with Crippen LogP contribution in [0.5, 0.6) is 0 Å². The number of anilines is 1. The van der Waals surface area contributed by atoms with E-state index in [0.29, 0.717) is 0 Å². The van der Waals surface area contributed by atoms with Gasteiger partial charge in [0.05, 0.1) is 17.1 Å². The molecule has 0 N–H and O–H groups in total. The molecule has 1 saturated heterocycles. The maximum Gasteiger partial charge on any atom is 0.240 e. The molecule has 3 heterocycles. The lowest BCUT2D eigenvalue weighted by Gasteiger charge is -2.14. The first-order chi connectivity index (χ1) is 10.3. The smallest absolute Gasteiger partial charge is 0.240 e. The number of aromatic nitrogens is 3. The molecule has 7 heteroatoms. The standard InChI is InChI=1S/C15H20N4OS2/c1-15(2,3)12-8-16-14(22-12)21-11-5-6-19(13(11)20)10-7-17-18(4)9-10/h7-9,11H,5-6H2,1-4H3. The lowest BCUT2D eigenvalue weighted by atomic mass is 9.96. The Bertz CT molecular complexity index is 686. The molecule has 3 rings (SSSR count). The summed E-state index contributed by atoms with van der Waals surface area (Å²) >= 11 is 3.28. The van der Waals surface area contributed by atoms with Gasteiger partial charge in [0, 0.05) is 30.9 Å². The number of carbonyl (C=O) groups excluding carboxylic acids is 1. The van der Waals surface area contributed by atoms with Crippen LogP contribution >= 0.6 is 23.1 Å². The molecule has 0 aromatic carbocycles. The number of hydrogen-bond donors (Lipinski definition) is 0. The molecular formula is C15H20N4OS2. The molecule has 2 aromatic rings. The van der Waals surface area contributed by atoms with Crippen LogP contribution in [0.25, 0.3) is 0 Å². The minimum absolute atomic E-state index is 0.0424. The average molecular weight is 336 g/mol. The summed E-state index contributed by atoms with van der Waals surface area (Å²) in [6, 6.07) is 0. The van der Waals surface area contributed by atoms with Crippen molar-refractivity contribution in [2.45, 2.75) is 42.2 Å². The largest absolute Gasteiger partial charge is 0.308 e. The second-order valence-electron chi connectivity index (χ2n) is 6.50. The lowest BCUT2D eigenvalue weighted by molar-refractivity contribution is -0.116. The molecule has 0 spiro atoms. The van der Waals surface area contributed by atoms with Crippen molar-refractivity contribution < 1.29 is 4.79 Å². The Labute approximate surface area is 138 Å². The molecule has 0 radical (unpaired) electrons. The third-order valence-electron chi connectivity index (χ3n) is 3.63. The Balaban J connectivity index is 1.69. The van der Waals surface area contributed by atoms with Crippen LogP contribution in [0, 0.1) is 0 Å². The topological polar surface area (TPSA) is 51.0 Å². The highest BCUT2D eigenvalue weighted by atomic mass is 32.2. The Hall–Kier alpha value is -1.34. The first kappa shape index (κ1) is 15.6. The van der Waals surface area contributed by atoms with Crippen LogP contribution in [0.15, 0.2) is 22.9 Å². The van der Waals surface area contributed by atoms with E-state index in [2.05, 4.69) is 30.9 Å². The zero-order chi connectivity index (χ0) is 15.9. The molecule has 2 aromatic heterocycles. The number of nitrogens with zero attached hydrogens (tertiary/aromatic N) is 4. The molecule has 1 fully saturated rings. The van der Waals surface area contributed by atoms with E-state index in [0.717, 1.165) is 23.0 Å². The quantitative estimate of drug-likeness (QED) is 0.864. The van der Waals surface area contributed by atoms with Crippen LogP contribution in [0.1, 0.15) is 32.1 Å². The van der Waals surface area contributed by atoms with Gasteiger partial charge in [0.15, 0.2) is 4.34 Å². The minimum atomic E-state index is -0.0424. The number of amides is 1. The van der Waals surface area contributed by atoms with Gasteiger partial charge in [-0.2, -0.15) is 5.10 Å². The van der Waals surface area contributed by atoms with Gasteiger partial charge in [0.1, 0.15) is 0 Å². The van der Waals surface area contributed by atoms with E-state index in [9.17, 15) is 4.79 Å². The van der Waals surface area contributed by atoms with Gasteiger partial charge in [-0.1, -0.05) is 32.5 Å². The summed E-state index contributed by atoms with van der Waals surface area (Å²) in [5, 5.41) is 4.10. The number of thiazole rings is 1. The highest BCUT2D eigenvalue weighted by molar-refractivity contribution is 8.02. The summed E-state index contributed by atoms with van der Waals surface area (Å²) in [6.45, 7) is 7.29. The van der Waals surface area contributed by atoms with Crippen molar-refractivity contribution in [2.24, 2.45) is 7.05 Å². The van der Waals surface area contributed by atoms with Crippen LogP contribution in [0.2, 0.25) is 0 Å². The minimum Gasteiger partial charge on any atom is -0.308 e. The molecule has 0 aliphatic carbocycles. The van der Waals surface area contributed by atoms with Crippen LogP contribution < -0.4 is 4.90 Å². The third-order valence-corrected chi connectivity index (χ3v) is 6.41. The summed E-state index contributed by atoms with van der Waals surface area (Å²) < 4.78 is 2.70. The van der Waals surface area contributed by atoms with Gasteiger partial charge in [0.25, 0.3) is 0 Å². The van der Waals surface area contributed by atoms with Gasteiger partial charge in [-0.3, -0.25) is 9.48 Å². The molecule has 1 aliphatic rings. The van der Waals surface area contributed by atoms with Gasteiger partial charge in [-0.25, -0.2) is 4.98 Å². The molecular weight excluding hydrogens is 316 g/mol. The zero-order valence-corrected chi connectivity index (χ0v) is 14.9. The van der Waals surface area contributed by atoms with Crippen molar-refractivity contribution in [3.63, 3.8) is 0 Å². The van der Waals surface area contributed by atoms with Gasteiger partial charge in [-0.15, -0.1) is 11.3 Å². The van der Waals surface area contributed by atoms with Crippen molar-refractivity contribution in [3.05, 3.63) is 23.5 Å². The zero-order valence-electron chi connectivity index (χ0n) is 13.2. The Morgan fingerprint density at radius 3 is 2.73 bits per heavy atom. The van der Waals surface area contributed by atoms with E-state index in [4.69, 9.17) is 0 Å². The fourth-order valence-electron chi connectivity index (χ4n) is 2.35. The maximum atomic E-state index is 12.6. The number of rotatable bonds is 3. The normalized spacial score (nSPS) is 19.2. The number of thioether (sulfide) groups is 1. The van der Waals surface area contributed by atoms with Crippen LogP contribution in [0.3, 0.4) is 0 Å². The molecule has 0 bridgehead atoms. The highest BCUT2D eigenvalue weighted by Crippen LogP contribution is 2.37. The number of aryl methyl sites for hydroxylation is 1. The predicted molar refractivity (Wildman–Crippen MR) is 90.6 cm³/mol. The van der Waals surface area contributed by atoms with E-state index in [1.165, 1.54) is 4.88 Å². The molecule has 1 aliphatic heterocycles. The lowest BCUT2D eigenvalue weighted by Crippen LogP contribution is -2.27. The van der Waals surface area contributed by atoms with Crippen molar-refractivity contribution >= 4 is 34.7 Å². The maximum absolute atomic E-state index is 12.6. The summed E-state index contributed by atoms with van der Waals surface area (Å²) in [5.74, 6) is 0.158. The first-order valence-electron chi connectivity index (χ1n) is 7.27. The molecule has 22 heavy (non-hydrogen) atoms. The fraction of sp³-hybridized carbons (Fsp3) is 0.533. The predicted octanol–water partition coefficient (Wildman–Crippen LogP) is 3.07. The van der Waals surface area contributed by atoms with Gasteiger partial charge >= 0.3 is 0 Å². The van der Waals surface area contributed by atoms with Crippen molar-refractivity contribution in [1.82, 2.24) is 14.8 Å². The van der Waals surface area contributed by atoms with Gasteiger partial charge in [0.2, 0.25) is 5.91 Å².